The SMILES string of the molecule is O=[N+]([O-])CC(P)(c1ccccc1)C(F)(F)F.S. The van der Waals surface area contributed by atoms with Crippen molar-refractivity contribution >= 4 is 22.7 Å². The molecule has 2 unspecified atom stereocenters. The van der Waals surface area contributed by atoms with Gasteiger partial charge in [0.05, 0.1) is 0 Å². The van der Waals surface area contributed by atoms with E-state index >= 15 is 0 Å². The van der Waals surface area contributed by atoms with Crippen LogP contribution in [-0.2, 0) is 5.16 Å². The average molecular weight is 285 g/mol. The van der Waals surface area contributed by atoms with Crippen molar-refractivity contribution < 1.29 is 18.1 Å². The molecule has 0 N–H and O–H groups in total. The molecule has 0 saturated carbocycles. The first-order valence-electron chi connectivity index (χ1n) is 4.30. The largest absolute Gasteiger partial charge is 0.408 e. The molecule has 0 amide bonds. The first kappa shape index (κ1) is 16.2. The maximum Gasteiger partial charge on any atom is 0.408 e. The van der Waals surface area contributed by atoms with Crippen LogP contribution >= 0.6 is 22.7 Å². The summed E-state index contributed by atoms with van der Waals surface area (Å²) in [6, 6.07) is 6.84. The minimum atomic E-state index is -4.69. The zero-order chi connectivity index (χ0) is 12.4. The van der Waals surface area contributed by atoms with Crippen molar-refractivity contribution in [1.29, 1.82) is 0 Å². The summed E-state index contributed by atoms with van der Waals surface area (Å²) in [5.74, 6) is 0. The molecule has 1 aromatic carbocycles. The van der Waals surface area contributed by atoms with Crippen molar-refractivity contribution in [3.8, 4) is 0 Å². The molecule has 96 valence electrons. The maximum atomic E-state index is 12.8. The van der Waals surface area contributed by atoms with Gasteiger partial charge in [0.1, 0.15) is 0 Å². The van der Waals surface area contributed by atoms with Crippen LogP contribution in [0.4, 0.5) is 13.2 Å². The van der Waals surface area contributed by atoms with E-state index in [2.05, 4.69) is 0 Å². The molecule has 0 radical (unpaired) electrons. The van der Waals surface area contributed by atoms with Gasteiger partial charge in [-0.1, -0.05) is 30.3 Å². The zero-order valence-corrected chi connectivity index (χ0v) is 10.7. The Labute approximate surface area is 105 Å². The van der Waals surface area contributed by atoms with Gasteiger partial charge < -0.3 is 0 Å². The van der Waals surface area contributed by atoms with Gasteiger partial charge in [0, 0.05) is 4.92 Å². The van der Waals surface area contributed by atoms with Gasteiger partial charge in [-0.05, 0) is 5.56 Å². The van der Waals surface area contributed by atoms with E-state index in [-0.39, 0.29) is 19.1 Å². The molecule has 0 aliphatic carbocycles. The Morgan fingerprint density at radius 1 is 1.24 bits per heavy atom. The predicted octanol–water partition coefficient (Wildman–Crippen LogP) is 2.71. The lowest BCUT2D eigenvalue weighted by Crippen LogP contribution is -2.42. The molecular formula is C9H11F3NO2PS. The average Bonchev–Trinajstić information content (AvgIpc) is 2.16. The molecule has 1 rings (SSSR count). The van der Waals surface area contributed by atoms with Crippen molar-refractivity contribution in [2.75, 3.05) is 6.54 Å². The van der Waals surface area contributed by atoms with Gasteiger partial charge in [-0.25, -0.2) is 0 Å². The van der Waals surface area contributed by atoms with E-state index in [9.17, 15) is 23.3 Å². The number of hydrogen-bond donors (Lipinski definition) is 0. The summed E-state index contributed by atoms with van der Waals surface area (Å²) < 4.78 is 38.5. The summed E-state index contributed by atoms with van der Waals surface area (Å²) >= 11 is 0. The van der Waals surface area contributed by atoms with E-state index in [0.29, 0.717) is 0 Å². The highest BCUT2D eigenvalue weighted by atomic mass is 32.1. The second-order valence-corrected chi connectivity index (χ2v) is 4.31. The third kappa shape index (κ3) is 3.57. The highest BCUT2D eigenvalue weighted by molar-refractivity contribution is 7.59. The summed E-state index contributed by atoms with van der Waals surface area (Å²) in [6.45, 7) is -1.20. The van der Waals surface area contributed by atoms with Crippen molar-refractivity contribution in [3.05, 3.63) is 46.0 Å². The molecule has 2 atom stereocenters. The van der Waals surface area contributed by atoms with Gasteiger partial charge in [0.2, 0.25) is 6.54 Å². The van der Waals surface area contributed by atoms with Gasteiger partial charge in [0.25, 0.3) is 0 Å². The molecule has 0 aromatic heterocycles. The normalized spacial score (nSPS) is 14.6. The van der Waals surface area contributed by atoms with E-state index in [4.69, 9.17) is 0 Å². The van der Waals surface area contributed by atoms with Crippen molar-refractivity contribution in [1.82, 2.24) is 0 Å². The molecule has 3 nitrogen and oxygen atoms in total. The lowest BCUT2D eigenvalue weighted by molar-refractivity contribution is -0.494. The van der Waals surface area contributed by atoms with Crippen LogP contribution in [0.2, 0.25) is 0 Å². The summed E-state index contributed by atoms with van der Waals surface area (Å²) in [6.07, 6.45) is -4.69. The molecule has 1 aromatic rings. The van der Waals surface area contributed by atoms with Crippen molar-refractivity contribution in [2.45, 2.75) is 11.3 Å². The minimum absolute atomic E-state index is 0. The molecule has 0 saturated heterocycles. The highest BCUT2D eigenvalue weighted by Crippen LogP contribution is 2.46. The third-order valence-corrected chi connectivity index (χ3v) is 3.02. The predicted molar refractivity (Wildman–Crippen MR) is 66.1 cm³/mol. The van der Waals surface area contributed by atoms with Gasteiger partial charge in [-0.3, -0.25) is 10.1 Å². The van der Waals surface area contributed by atoms with E-state index in [0.717, 1.165) is 0 Å². The van der Waals surface area contributed by atoms with Crippen LogP contribution in [0.25, 0.3) is 0 Å². The summed E-state index contributed by atoms with van der Waals surface area (Å²) in [4.78, 5) is 9.36. The Morgan fingerprint density at radius 2 is 1.71 bits per heavy atom. The molecule has 0 fully saturated rings. The molecule has 17 heavy (non-hydrogen) atoms. The third-order valence-electron chi connectivity index (χ3n) is 2.17. The van der Waals surface area contributed by atoms with E-state index < -0.39 is 22.8 Å². The lowest BCUT2D eigenvalue weighted by Gasteiger charge is -2.28. The fourth-order valence-electron chi connectivity index (χ4n) is 1.28. The number of alkyl halides is 3. The van der Waals surface area contributed by atoms with Crippen LogP contribution in [0.1, 0.15) is 5.56 Å². The van der Waals surface area contributed by atoms with E-state index in [1.807, 2.05) is 0 Å². The van der Waals surface area contributed by atoms with Crippen LogP contribution in [0.3, 0.4) is 0 Å². The zero-order valence-electron chi connectivity index (χ0n) is 8.57. The molecular weight excluding hydrogens is 274 g/mol. The molecule has 8 heteroatoms. The number of hydrogen-bond acceptors (Lipinski definition) is 2. The van der Waals surface area contributed by atoms with Crippen molar-refractivity contribution in [2.24, 2.45) is 0 Å². The fourth-order valence-corrected chi connectivity index (χ4v) is 1.63. The quantitative estimate of drug-likeness (QED) is 0.487. The number of nitro groups is 1. The monoisotopic (exact) mass is 285 g/mol. The van der Waals surface area contributed by atoms with Crippen LogP contribution in [0, 0.1) is 10.1 Å². The Bertz CT molecular complexity index is 388. The first-order chi connectivity index (χ1) is 7.27. The van der Waals surface area contributed by atoms with Crippen molar-refractivity contribution in [3.63, 3.8) is 0 Å². The number of halogens is 3. The Hall–Kier alpha value is -0.810. The Kier molecular flexibility index (Phi) is 5.42. The van der Waals surface area contributed by atoms with Crippen LogP contribution in [-0.4, -0.2) is 17.6 Å². The molecule has 0 heterocycles. The topological polar surface area (TPSA) is 43.1 Å². The van der Waals surface area contributed by atoms with E-state index in [1.54, 1.807) is 15.3 Å². The highest BCUT2D eigenvalue weighted by Gasteiger charge is 2.56. The number of nitrogens with zero attached hydrogens (tertiary/aromatic N) is 1. The second kappa shape index (κ2) is 5.69. The van der Waals surface area contributed by atoms with Crippen LogP contribution < -0.4 is 0 Å². The van der Waals surface area contributed by atoms with Gasteiger partial charge in [-0.2, -0.15) is 26.7 Å². The standard InChI is InChI=1S/C9H9F3NO2P.H2S/c10-9(11,12)8(16,6-13(14)15)7-4-2-1-3-5-7;/h1-5H,6,16H2;1H2. The van der Waals surface area contributed by atoms with Gasteiger partial charge in [-0.15, -0.1) is 9.24 Å². The molecule has 0 bridgehead atoms. The second-order valence-electron chi connectivity index (χ2n) is 3.33. The van der Waals surface area contributed by atoms with Gasteiger partial charge >= 0.3 is 6.18 Å². The van der Waals surface area contributed by atoms with Gasteiger partial charge in [0.15, 0.2) is 5.16 Å². The number of rotatable bonds is 3. The first-order valence-corrected chi connectivity index (χ1v) is 4.88. The van der Waals surface area contributed by atoms with Crippen LogP contribution in [0.5, 0.6) is 0 Å². The Morgan fingerprint density at radius 3 is 2.06 bits per heavy atom. The fraction of sp³-hybridized carbons (Fsp3) is 0.333. The summed E-state index contributed by atoms with van der Waals surface area (Å²) in [5.41, 5.74) is -0.135. The lowest BCUT2D eigenvalue weighted by atomic mass is 9.97. The number of benzene rings is 1. The molecule has 0 spiro atoms. The molecule has 0 aliphatic rings. The minimum Gasteiger partial charge on any atom is -0.264 e. The Balaban J connectivity index is 0.00000256. The maximum absolute atomic E-state index is 12.8. The summed E-state index contributed by atoms with van der Waals surface area (Å²) in [7, 11) is 1.55. The smallest absolute Gasteiger partial charge is 0.264 e. The molecule has 0 aliphatic heterocycles. The summed E-state index contributed by atoms with van der Waals surface area (Å²) in [5, 5.41) is 7.80. The van der Waals surface area contributed by atoms with Crippen LogP contribution in [0.15, 0.2) is 30.3 Å². The van der Waals surface area contributed by atoms with E-state index in [1.165, 1.54) is 24.3 Å².